The molecule has 5 aromatic rings. The molecule has 3 amide bonds. The van der Waals surface area contributed by atoms with Crippen LogP contribution in [0.15, 0.2) is 61.1 Å². The van der Waals surface area contributed by atoms with Crippen LogP contribution in [-0.4, -0.2) is 84.1 Å². The number of nitrogens with zero attached hydrogens (tertiary/aromatic N) is 6. The van der Waals surface area contributed by atoms with Crippen LogP contribution in [0.1, 0.15) is 62.3 Å². The SMILES string of the molecule is COC(=O)N[C@H]1CCC(=O)N2CCC[C@@H](c3ncc(-c4ccc(-c5cnc6cc(-c7cnc([C@@H]8CCCN8)[nH]7)ccc6n5)cc4)[nH]3)N2C1=O. The molecule has 14 heteroatoms. The number of aromatic amines is 2. The van der Waals surface area contributed by atoms with Gasteiger partial charge in [0.2, 0.25) is 5.91 Å². The van der Waals surface area contributed by atoms with Crippen molar-refractivity contribution in [3.8, 4) is 33.8 Å². The van der Waals surface area contributed by atoms with Crippen molar-refractivity contribution >= 4 is 28.9 Å². The van der Waals surface area contributed by atoms with E-state index < -0.39 is 18.2 Å². The van der Waals surface area contributed by atoms with Crippen molar-refractivity contribution in [3.05, 3.63) is 72.7 Å². The van der Waals surface area contributed by atoms with Gasteiger partial charge in [0.25, 0.3) is 5.91 Å². The number of methoxy groups -OCH3 is 1. The molecule has 3 atom stereocenters. The number of hydrogen-bond donors (Lipinski definition) is 4. The van der Waals surface area contributed by atoms with Gasteiger partial charge in [0.15, 0.2) is 0 Å². The first kappa shape index (κ1) is 30.7. The summed E-state index contributed by atoms with van der Waals surface area (Å²) in [4.78, 5) is 64.2. The molecule has 14 nitrogen and oxygen atoms in total. The summed E-state index contributed by atoms with van der Waals surface area (Å²) < 4.78 is 4.71. The molecule has 0 bridgehead atoms. The standard InChI is InChI=1S/C35H36N10O4/c1-49-35(48)43-25-12-13-31(46)44-15-3-5-30(45(44)34(25)47)33-39-18-28(42-33)21-8-6-20(7-9-21)27-17-37-26-16-22(10-11-23(26)40-27)29-19-38-32(41-29)24-4-2-14-36-24/h6-11,16-19,24-25,30,36H,2-5,12-15H2,1H3,(H,38,41)(H,39,42)(H,43,48)/t24-,25-,30-/m0/s1. The molecular weight excluding hydrogens is 624 g/mol. The van der Waals surface area contributed by atoms with Crippen LogP contribution < -0.4 is 10.6 Å². The van der Waals surface area contributed by atoms with Crippen LogP contribution in [0.5, 0.6) is 0 Å². The molecule has 2 aromatic carbocycles. The molecule has 3 fully saturated rings. The molecule has 6 heterocycles. The van der Waals surface area contributed by atoms with Crippen molar-refractivity contribution in [2.75, 3.05) is 20.2 Å². The molecule has 0 spiro atoms. The molecule has 3 aliphatic heterocycles. The average Bonchev–Trinajstić information content (AvgIpc) is 3.94. The van der Waals surface area contributed by atoms with E-state index in [2.05, 4.69) is 30.6 Å². The fraction of sp³-hybridized carbons (Fsp3) is 0.343. The lowest BCUT2D eigenvalue weighted by atomic mass is 10.1. The second kappa shape index (κ2) is 12.8. The quantitative estimate of drug-likeness (QED) is 0.205. The summed E-state index contributed by atoms with van der Waals surface area (Å²) in [5, 5.41) is 9.03. The van der Waals surface area contributed by atoms with Gasteiger partial charge in [0.05, 0.1) is 59.9 Å². The van der Waals surface area contributed by atoms with Crippen LogP contribution in [0.25, 0.3) is 44.8 Å². The summed E-state index contributed by atoms with van der Waals surface area (Å²) in [5.41, 5.74) is 6.94. The third kappa shape index (κ3) is 5.88. The number of imidazole rings is 2. The lowest BCUT2D eigenvalue weighted by molar-refractivity contribution is -0.174. The third-order valence-electron chi connectivity index (χ3n) is 9.58. The molecule has 250 valence electrons. The minimum absolute atomic E-state index is 0.145. The lowest BCUT2D eigenvalue weighted by Crippen LogP contribution is -2.57. The van der Waals surface area contributed by atoms with Gasteiger partial charge in [-0.15, -0.1) is 0 Å². The maximum Gasteiger partial charge on any atom is 0.407 e. The van der Waals surface area contributed by atoms with Gasteiger partial charge in [-0.05, 0) is 56.3 Å². The van der Waals surface area contributed by atoms with E-state index in [1.165, 1.54) is 17.1 Å². The number of nitrogens with one attached hydrogen (secondary N) is 4. The molecule has 49 heavy (non-hydrogen) atoms. The van der Waals surface area contributed by atoms with Gasteiger partial charge in [-0.3, -0.25) is 19.6 Å². The Labute approximate surface area is 281 Å². The monoisotopic (exact) mass is 660 g/mol. The number of aromatic nitrogens is 6. The van der Waals surface area contributed by atoms with Crippen LogP contribution in [0.4, 0.5) is 4.79 Å². The number of H-pyrrole nitrogens is 2. The van der Waals surface area contributed by atoms with Gasteiger partial charge in [-0.25, -0.2) is 24.8 Å². The number of alkyl carbamates (subject to hydrolysis) is 1. The number of hydrogen-bond acceptors (Lipinski definition) is 9. The predicted octanol–water partition coefficient (Wildman–Crippen LogP) is 4.43. The van der Waals surface area contributed by atoms with Gasteiger partial charge in [-0.1, -0.05) is 30.3 Å². The number of fused-ring (bicyclic) bond motifs is 2. The fourth-order valence-corrected chi connectivity index (χ4v) is 6.99. The van der Waals surface area contributed by atoms with E-state index in [-0.39, 0.29) is 30.7 Å². The summed E-state index contributed by atoms with van der Waals surface area (Å²) in [5.74, 6) is 1.03. The summed E-state index contributed by atoms with van der Waals surface area (Å²) in [7, 11) is 1.24. The maximum atomic E-state index is 13.6. The summed E-state index contributed by atoms with van der Waals surface area (Å²) in [6.45, 7) is 1.45. The zero-order chi connectivity index (χ0) is 33.5. The highest BCUT2D eigenvalue weighted by Crippen LogP contribution is 2.35. The van der Waals surface area contributed by atoms with Crippen molar-refractivity contribution in [2.45, 2.75) is 56.7 Å². The minimum Gasteiger partial charge on any atom is -0.453 e. The zero-order valence-electron chi connectivity index (χ0n) is 27.0. The molecule has 3 aliphatic rings. The number of carbonyl (C=O) groups excluding carboxylic acids is 3. The van der Waals surface area contributed by atoms with E-state index in [1.54, 1.807) is 12.4 Å². The van der Waals surface area contributed by atoms with Crippen molar-refractivity contribution in [3.63, 3.8) is 0 Å². The fourth-order valence-electron chi connectivity index (χ4n) is 6.99. The van der Waals surface area contributed by atoms with E-state index in [0.29, 0.717) is 18.8 Å². The Kier molecular flexibility index (Phi) is 7.99. The topological polar surface area (TPSA) is 174 Å². The average molecular weight is 661 g/mol. The third-order valence-corrected chi connectivity index (χ3v) is 9.58. The largest absolute Gasteiger partial charge is 0.453 e. The number of carbonyl (C=O) groups is 3. The number of hydrazine groups is 1. The summed E-state index contributed by atoms with van der Waals surface area (Å²) in [6, 6.07) is 12.9. The molecule has 3 aromatic heterocycles. The smallest absolute Gasteiger partial charge is 0.407 e. The highest BCUT2D eigenvalue weighted by Gasteiger charge is 2.43. The first-order valence-corrected chi connectivity index (χ1v) is 16.6. The Balaban J connectivity index is 0.994. The van der Waals surface area contributed by atoms with E-state index in [9.17, 15) is 14.4 Å². The van der Waals surface area contributed by atoms with E-state index in [0.717, 1.165) is 76.4 Å². The van der Waals surface area contributed by atoms with Gasteiger partial charge >= 0.3 is 6.09 Å². The van der Waals surface area contributed by atoms with Gasteiger partial charge in [0.1, 0.15) is 23.7 Å². The zero-order valence-corrected chi connectivity index (χ0v) is 27.0. The van der Waals surface area contributed by atoms with Crippen molar-refractivity contribution < 1.29 is 19.1 Å². The van der Waals surface area contributed by atoms with Gasteiger partial charge in [-0.2, -0.15) is 0 Å². The summed E-state index contributed by atoms with van der Waals surface area (Å²) in [6.07, 6.45) is 8.62. The second-order valence-electron chi connectivity index (χ2n) is 12.6. The molecule has 3 saturated heterocycles. The Morgan fingerprint density at radius 1 is 0.857 bits per heavy atom. The van der Waals surface area contributed by atoms with E-state index in [1.807, 2.05) is 48.7 Å². The van der Waals surface area contributed by atoms with Crippen molar-refractivity contribution in [2.24, 2.45) is 0 Å². The Hall–Kier alpha value is -5.63. The van der Waals surface area contributed by atoms with Crippen LogP contribution in [0.3, 0.4) is 0 Å². The molecule has 4 N–H and O–H groups in total. The predicted molar refractivity (Wildman–Crippen MR) is 179 cm³/mol. The Morgan fingerprint density at radius 3 is 2.41 bits per heavy atom. The number of rotatable bonds is 6. The number of benzene rings is 2. The first-order valence-electron chi connectivity index (χ1n) is 16.6. The first-order chi connectivity index (χ1) is 23.9. The molecule has 8 rings (SSSR count). The normalized spacial score (nSPS) is 21.1. The molecule has 0 radical (unpaired) electrons. The summed E-state index contributed by atoms with van der Waals surface area (Å²) >= 11 is 0. The highest BCUT2D eigenvalue weighted by molar-refractivity contribution is 5.91. The van der Waals surface area contributed by atoms with Crippen molar-refractivity contribution in [1.29, 1.82) is 0 Å². The minimum atomic E-state index is -0.868. The molecule has 0 aliphatic carbocycles. The lowest BCUT2D eigenvalue weighted by Gasteiger charge is -2.42. The number of ether oxygens (including phenoxy) is 1. The van der Waals surface area contributed by atoms with Gasteiger partial charge in [0, 0.05) is 24.1 Å². The van der Waals surface area contributed by atoms with Gasteiger partial charge < -0.3 is 25.3 Å². The van der Waals surface area contributed by atoms with Crippen molar-refractivity contribution in [1.82, 2.24) is 50.6 Å². The van der Waals surface area contributed by atoms with E-state index >= 15 is 0 Å². The maximum absolute atomic E-state index is 13.6. The highest BCUT2D eigenvalue weighted by atomic mass is 16.5. The molecule has 0 saturated carbocycles. The van der Waals surface area contributed by atoms with Crippen LogP contribution in [0, 0.1) is 0 Å². The second-order valence-corrected chi connectivity index (χ2v) is 12.6. The van der Waals surface area contributed by atoms with Crippen LogP contribution >= 0.6 is 0 Å². The molecule has 0 unspecified atom stereocenters. The van der Waals surface area contributed by atoms with Crippen LogP contribution in [0.2, 0.25) is 0 Å². The Bertz CT molecular complexity index is 2030. The number of amides is 3. The van der Waals surface area contributed by atoms with E-state index in [4.69, 9.17) is 14.7 Å². The van der Waals surface area contributed by atoms with Crippen LogP contribution in [-0.2, 0) is 14.3 Å². The molecular formula is C35H36N10O4. The Morgan fingerprint density at radius 2 is 1.61 bits per heavy atom.